The highest BCUT2D eigenvalue weighted by Crippen LogP contribution is 2.45. The lowest BCUT2D eigenvalue weighted by atomic mass is 9.78. The molecule has 3 rings (SSSR count). The summed E-state index contributed by atoms with van der Waals surface area (Å²) in [5.74, 6) is -2.72. The Morgan fingerprint density at radius 3 is 2.12 bits per heavy atom. The van der Waals surface area contributed by atoms with Gasteiger partial charge in [0.15, 0.2) is 0 Å². The van der Waals surface area contributed by atoms with E-state index in [1.165, 1.54) is 38.2 Å². The monoisotopic (exact) mass is 474 g/mol. The zero-order valence-electron chi connectivity index (χ0n) is 17.5. The molecule has 1 aliphatic rings. The molecule has 0 fully saturated rings. The Morgan fingerprint density at radius 2 is 1.61 bits per heavy atom. The number of nitrogens with one attached hydrogen (secondary N) is 1. The molecule has 178 valence electrons. The van der Waals surface area contributed by atoms with E-state index in [0.29, 0.717) is 12.1 Å². The maximum atomic E-state index is 13.4. The van der Waals surface area contributed by atoms with Gasteiger partial charge in [-0.05, 0) is 42.3 Å². The smallest absolute Gasteiger partial charge is 0.394 e. The van der Waals surface area contributed by atoms with E-state index >= 15 is 0 Å². The molecule has 11 heteroatoms. The second kappa shape index (κ2) is 8.69. The largest absolute Gasteiger partial charge is 0.416 e. The molecule has 0 saturated carbocycles. The molecule has 33 heavy (non-hydrogen) atoms. The van der Waals surface area contributed by atoms with Crippen LogP contribution in [0.1, 0.15) is 51.5 Å². The van der Waals surface area contributed by atoms with Crippen LogP contribution in [0, 0.1) is 0 Å². The van der Waals surface area contributed by atoms with Crippen LogP contribution in [0.25, 0.3) is 0 Å². The summed E-state index contributed by atoms with van der Waals surface area (Å²) in [6, 6.07) is 4.74. The van der Waals surface area contributed by atoms with Crippen molar-refractivity contribution in [1.82, 2.24) is 10.2 Å². The average Bonchev–Trinajstić information content (AvgIpc) is 2.74. The van der Waals surface area contributed by atoms with Crippen LogP contribution in [0.5, 0.6) is 0 Å². The lowest BCUT2D eigenvalue weighted by Gasteiger charge is -2.40. The first-order valence-corrected chi connectivity index (χ1v) is 9.82. The number of carbonyl (C=O) groups excluding carboxylic acids is 2. The maximum absolute atomic E-state index is 13.4. The van der Waals surface area contributed by atoms with E-state index in [-0.39, 0.29) is 17.2 Å². The first-order chi connectivity index (χ1) is 15.3. The third-order valence-corrected chi connectivity index (χ3v) is 5.48. The van der Waals surface area contributed by atoms with E-state index in [1.54, 1.807) is 0 Å². The van der Waals surface area contributed by atoms with Crippen molar-refractivity contribution in [2.45, 2.75) is 37.3 Å². The molecule has 1 aliphatic heterocycles. The Bertz CT molecular complexity index is 1030. The van der Waals surface area contributed by atoms with Gasteiger partial charge in [-0.3, -0.25) is 9.59 Å². The lowest BCUT2D eigenvalue weighted by Crippen LogP contribution is -2.47. The summed E-state index contributed by atoms with van der Waals surface area (Å²) in [5.41, 5.74) is -3.31. The van der Waals surface area contributed by atoms with Crippen molar-refractivity contribution in [3.05, 3.63) is 70.3 Å². The topological polar surface area (TPSA) is 69.6 Å². The number of likely N-dealkylation sites (N-methyl/N-ethyl adjacent to an activating group) is 1. The second-order valence-electron chi connectivity index (χ2n) is 7.86. The average molecular weight is 474 g/mol. The van der Waals surface area contributed by atoms with Gasteiger partial charge in [-0.2, -0.15) is 26.3 Å². The summed E-state index contributed by atoms with van der Waals surface area (Å²) in [7, 11) is 1.21. The molecule has 2 amide bonds. The van der Waals surface area contributed by atoms with Gasteiger partial charge in [0.25, 0.3) is 5.91 Å². The third-order valence-electron chi connectivity index (χ3n) is 5.48. The highest BCUT2D eigenvalue weighted by molar-refractivity contribution is 6.01. The van der Waals surface area contributed by atoms with E-state index in [1.807, 2.05) is 0 Å². The SMILES string of the molecule is CC(CO)NC(=O)C1c2ccccc2C(=O)N(C)C1c1cc(C(F)(F)F)cc(C(F)(F)F)c1. The van der Waals surface area contributed by atoms with Gasteiger partial charge in [-0.25, -0.2) is 0 Å². The number of fused-ring (bicyclic) bond motifs is 1. The predicted molar refractivity (Wildman–Crippen MR) is 105 cm³/mol. The number of carbonyl (C=O) groups is 2. The van der Waals surface area contributed by atoms with E-state index in [2.05, 4.69) is 5.32 Å². The summed E-state index contributed by atoms with van der Waals surface area (Å²) in [4.78, 5) is 27.0. The number of aliphatic hydroxyl groups excluding tert-OH is 1. The van der Waals surface area contributed by atoms with Gasteiger partial charge in [-0.15, -0.1) is 0 Å². The number of amides is 2. The van der Waals surface area contributed by atoms with Gasteiger partial charge < -0.3 is 15.3 Å². The van der Waals surface area contributed by atoms with Gasteiger partial charge >= 0.3 is 12.4 Å². The number of alkyl halides is 6. The molecular weight excluding hydrogens is 454 g/mol. The highest BCUT2D eigenvalue weighted by Gasteiger charge is 2.45. The minimum Gasteiger partial charge on any atom is -0.394 e. The first-order valence-electron chi connectivity index (χ1n) is 9.82. The van der Waals surface area contributed by atoms with E-state index < -0.39 is 65.5 Å². The van der Waals surface area contributed by atoms with Crippen molar-refractivity contribution in [1.29, 1.82) is 0 Å². The van der Waals surface area contributed by atoms with E-state index in [0.717, 1.165) is 4.90 Å². The first kappa shape index (κ1) is 24.6. The Hall–Kier alpha value is -3.08. The van der Waals surface area contributed by atoms with Crippen LogP contribution in [-0.2, 0) is 17.1 Å². The molecule has 5 nitrogen and oxygen atoms in total. The molecule has 2 N–H and O–H groups in total. The minimum atomic E-state index is -5.09. The van der Waals surface area contributed by atoms with Gasteiger partial charge in [0, 0.05) is 18.7 Å². The molecular formula is C22H20F6N2O3. The van der Waals surface area contributed by atoms with Gasteiger partial charge in [0.05, 0.1) is 29.7 Å². The van der Waals surface area contributed by atoms with Crippen LogP contribution in [0.4, 0.5) is 26.3 Å². The zero-order valence-corrected chi connectivity index (χ0v) is 17.5. The molecule has 2 aromatic carbocycles. The number of hydrogen-bond acceptors (Lipinski definition) is 3. The van der Waals surface area contributed by atoms with Crippen molar-refractivity contribution < 1.29 is 41.0 Å². The third kappa shape index (κ3) is 4.82. The number of benzene rings is 2. The van der Waals surface area contributed by atoms with Crippen molar-refractivity contribution in [2.24, 2.45) is 0 Å². The number of hydrogen-bond donors (Lipinski definition) is 2. The highest BCUT2D eigenvalue weighted by atomic mass is 19.4. The quantitative estimate of drug-likeness (QED) is 0.655. The van der Waals surface area contributed by atoms with E-state index in [9.17, 15) is 41.0 Å². The molecule has 0 radical (unpaired) electrons. The molecule has 0 saturated heterocycles. The Balaban J connectivity index is 2.26. The van der Waals surface area contributed by atoms with Crippen molar-refractivity contribution in [3.63, 3.8) is 0 Å². The van der Waals surface area contributed by atoms with Crippen LogP contribution in [0.3, 0.4) is 0 Å². The van der Waals surface area contributed by atoms with Crippen molar-refractivity contribution in [2.75, 3.05) is 13.7 Å². The standard InChI is InChI=1S/C22H20F6N2O3/c1-11(10-31)29-19(32)17-15-5-3-4-6-16(15)20(33)30(2)18(17)12-7-13(21(23,24)25)9-14(8-12)22(26,27)28/h3-9,11,17-18,31H,10H2,1-2H3,(H,29,32). The molecule has 0 aliphatic carbocycles. The lowest BCUT2D eigenvalue weighted by molar-refractivity contribution is -0.143. The molecule has 0 aromatic heterocycles. The van der Waals surface area contributed by atoms with E-state index in [4.69, 9.17) is 0 Å². The zero-order chi connectivity index (χ0) is 24.7. The van der Waals surface area contributed by atoms with Crippen molar-refractivity contribution >= 4 is 11.8 Å². The Kier molecular flexibility index (Phi) is 6.47. The number of aliphatic hydroxyl groups is 1. The molecule has 0 bridgehead atoms. The summed E-state index contributed by atoms with van der Waals surface area (Å²) in [6.07, 6.45) is -10.2. The molecule has 1 heterocycles. The van der Waals surface area contributed by atoms with Crippen LogP contribution in [0.15, 0.2) is 42.5 Å². The number of nitrogens with zero attached hydrogens (tertiary/aromatic N) is 1. The summed E-state index contributed by atoms with van der Waals surface area (Å²) < 4.78 is 80.6. The van der Waals surface area contributed by atoms with Crippen LogP contribution in [0.2, 0.25) is 0 Å². The number of rotatable bonds is 4. The van der Waals surface area contributed by atoms with Gasteiger partial charge in [0.1, 0.15) is 0 Å². The van der Waals surface area contributed by atoms with Crippen LogP contribution in [-0.4, -0.2) is 41.5 Å². The fraction of sp³-hybridized carbons (Fsp3) is 0.364. The summed E-state index contributed by atoms with van der Waals surface area (Å²) in [6.45, 7) is 1.03. The molecule has 0 spiro atoms. The fourth-order valence-electron chi connectivity index (χ4n) is 3.90. The number of halogens is 6. The Labute approximate surface area is 185 Å². The minimum absolute atomic E-state index is 0.00892. The second-order valence-corrected chi connectivity index (χ2v) is 7.86. The molecule has 3 atom stereocenters. The predicted octanol–water partition coefficient (Wildman–Crippen LogP) is 4.13. The van der Waals surface area contributed by atoms with Crippen molar-refractivity contribution in [3.8, 4) is 0 Å². The molecule has 3 unspecified atom stereocenters. The van der Waals surface area contributed by atoms with Gasteiger partial charge in [-0.1, -0.05) is 18.2 Å². The fourth-order valence-corrected chi connectivity index (χ4v) is 3.90. The summed E-state index contributed by atoms with van der Waals surface area (Å²) >= 11 is 0. The summed E-state index contributed by atoms with van der Waals surface area (Å²) in [5, 5.41) is 11.8. The Morgan fingerprint density at radius 1 is 1.06 bits per heavy atom. The van der Waals surface area contributed by atoms with Crippen LogP contribution >= 0.6 is 0 Å². The van der Waals surface area contributed by atoms with Gasteiger partial charge in [0.2, 0.25) is 5.91 Å². The maximum Gasteiger partial charge on any atom is 0.416 e. The normalized spacial score (nSPS) is 19.8. The molecule has 2 aromatic rings. The van der Waals surface area contributed by atoms with Crippen LogP contribution < -0.4 is 5.32 Å².